The van der Waals surface area contributed by atoms with Crippen LogP contribution in [0.4, 0.5) is 11.5 Å². The molecule has 5 heterocycles. The average molecular weight is 866 g/mol. The van der Waals surface area contributed by atoms with Crippen molar-refractivity contribution in [3.63, 3.8) is 0 Å². The highest BCUT2D eigenvalue weighted by Gasteiger charge is 2.37. The molecule has 0 radical (unpaired) electrons. The van der Waals surface area contributed by atoms with Crippen LogP contribution in [0.3, 0.4) is 0 Å². The number of halogens is 2. The second-order valence-corrected chi connectivity index (χ2v) is 18.6. The second-order valence-electron chi connectivity index (χ2n) is 14.4. The molecule has 11 nitrogen and oxygen atoms in total. The van der Waals surface area contributed by atoms with E-state index in [0.29, 0.717) is 69.6 Å². The molecular weight excluding hydrogens is 826 g/mol. The molecule has 300 valence electrons. The number of likely N-dealkylation sites (N-methyl/N-ethyl adjacent to an activating group) is 1. The van der Waals surface area contributed by atoms with E-state index in [1.54, 1.807) is 19.2 Å². The zero-order chi connectivity index (χ0) is 41.3. The number of sulfone groups is 1. The molecule has 0 spiro atoms. The van der Waals surface area contributed by atoms with Gasteiger partial charge in [-0.25, -0.2) is 28.4 Å². The van der Waals surface area contributed by atoms with Crippen molar-refractivity contribution < 1.29 is 22.9 Å². The maximum atomic E-state index is 14.1. The summed E-state index contributed by atoms with van der Waals surface area (Å²) in [4.78, 5) is 33.0. The number of anilines is 2. The minimum Gasteiger partial charge on any atom is -0.423 e. The Balaban J connectivity index is 1.21. The Morgan fingerprint density at radius 3 is 2.37 bits per heavy atom. The molecule has 0 saturated carbocycles. The summed E-state index contributed by atoms with van der Waals surface area (Å²) in [6.45, 7) is 2.40. The molecule has 1 unspecified atom stereocenters. The lowest BCUT2D eigenvalue weighted by molar-refractivity contribution is -0.119. The number of hydrogen-bond acceptors (Lipinski definition) is 11. The van der Waals surface area contributed by atoms with E-state index in [0.717, 1.165) is 44.0 Å². The number of thiophene rings is 1. The number of rotatable bonds is 12. The molecule has 0 saturated heterocycles. The summed E-state index contributed by atoms with van der Waals surface area (Å²) in [6.07, 6.45) is 3.65. The summed E-state index contributed by atoms with van der Waals surface area (Å²) < 4.78 is 34.1. The van der Waals surface area contributed by atoms with Gasteiger partial charge in [-0.05, 0) is 77.8 Å². The largest absolute Gasteiger partial charge is 0.491 e. The van der Waals surface area contributed by atoms with Gasteiger partial charge in [0.05, 0.1) is 45.1 Å². The number of aromatic nitrogens is 4. The van der Waals surface area contributed by atoms with Crippen molar-refractivity contribution in [2.45, 2.75) is 49.8 Å². The first-order valence-electron chi connectivity index (χ1n) is 19.2. The first kappa shape index (κ1) is 40.8. The van der Waals surface area contributed by atoms with Gasteiger partial charge in [-0.15, -0.1) is 11.3 Å². The SMILES string of the molecule is CCc1c(CC2CCS(=O)(=O)c3c(Cc4ccc(CC(=O)NC)cc4)nc(-c4cccc(Cl)c4)nc32)nc(-c2ccc(Cl)s2)nc1Nc1ccc(C2=CCOB2O)cc1. The van der Waals surface area contributed by atoms with Gasteiger partial charge in [0, 0.05) is 41.2 Å². The van der Waals surface area contributed by atoms with Gasteiger partial charge in [0.15, 0.2) is 21.5 Å². The number of carbonyl (C=O) groups excluding carboxylic acids is 1. The van der Waals surface area contributed by atoms with Crippen LogP contribution in [-0.4, -0.2) is 65.8 Å². The lowest BCUT2D eigenvalue weighted by atomic mass is 9.76. The highest BCUT2D eigenvalue weighted by atomic mass is 35.5. The maximum absolute atomic E-state index is 14.1. The van der Waals surface area contributed by atoms with E-state index in [1.165, 1.54) is 11.3 Å². The quantitative estimate of drug-likeness (QED) is 0.103. The van der Waals surface area contributed by atoms with E-state index in [1.807, 2.05) is 85.8 Å². The molecule has 1 amide bonds. The molecule has 6 aromatic rings. The Kier molecular flexibility index (Phi) is 12.0. The molecule has 0 fully saturated rings. The van der Waals surface area contributed by atoms with E-state index in [4.69, 9.17) is 47.8 Å². The smallest absolute Gasteiger partial charge is 0.423 e. The van der Waals surface area contributed by atoms with Crippen molar-refractivity contribution in [2.75, 3.05) is 24.7 Å². The summed E-state index contributed by atoms with van der Waals surface area (Å²) in [6, 6.07) is 26.2. The van der Waals surface area contributed by atoms with Gasteiger partial charge in [0.25, 0.3) is 0 Å². The van der Waals surface area contributed by atoms with Gasteiger partial charge in [0.1, 0.15) is 10.7 Å². The van der Waals surface area contributed by atoms with Crippen molar-refractivity contribution >= 4 is 74.4 Å². The molecule has 2 aliphatic heterocycles. The minimum atomic E-state index is -3.77. The van der Waals surface area contributed by atoms with Gasteiger partial charge < -0.3 is 20.3 Å². The monoisotopic (exact) mass is 864 g/mol. The molecule has 0 aliphatic carbocycles. The topological polar surface area (TPSA) is 156 Å². The maximum Gasteiger partial charge on any atom is 0.491 e. The van der Waals surface area contributed by atoms with E-state index < -0.39 is 17.0 Å². The first-order chi connectivity index (χ1) is 28.5. The number of fused-ring (bicyclic) bond motifs is 1. The van der Waals surface area contributed by atoms with E-state index in [2.05, 4.69) is 10.6 Å². The zero-order valence-electron chi connectivity index (χ0n) is 32.2. The minimum absolute atomic E-state index is 0.0732. The van der Waals surface area contributed by atoms with E-state index in [-0.39, 0.29) is 35.3 Å². The molecule has 2 aliphatic rings. The number of hydrogen-bond donors (Lipinski definition) is 3. The summed E-state index contributed by atoms with van der Waals surface area (Å²) in [7, 11) is -3.13. The van der Waals surface area contributed by atoms with Crippen LogP contribution in [-0.2, 0) is 45.0 Å². The van der Waals surface area contributed by atoms with Crippen molar-refractivity contribution in [1.82, 2.24) is 25.3 Å². The summed E-state index contributed by atoms with van der Waals surface area (Å²) in [5.41, 5.74) is 7.23. The van der Waals surface area contributed by atoms with Crippen LogP contribution in [0.15, 0.2) is 95.9 Å². The predicted octanol–water partition coefficient (Wildman–Crippen LogP) is 8.09. The number of carbonyl (C=O) groups is 1. The lowest BCUT2D eigenvalue weighted by Gasteiger charge is -2.27. The van der Waals surface area contributed by atoms with Gasteiger partial charge in [0.2, 0.25) is 5.91 Å². The normalized spacial score (nSPS) is 15.8. The number of benzene rings is 3. The van der Waals surface area contributed by atoms with Crippen LogP contribution < -0.4 is 10.6 Å². The third-order valence-electron chi connectivity index (χ3n) is 10.5. The molecule has 0 bridgehead atoms. The fourth-order valence-electron chi connectivity index (χ4n) is 7.50. The molecule has 1 atom stereocenters. The molecule has 16 heteroatoms. The highest BCUT2D eigenvalue weighted by molar-refractivity contribution is 7.91. The molecule has 59 heavy (non-hydrogen) atoms. The summed E-state index contributed by atoms with van der Waals surface area (Å²) >= 11 is 14.2. The van der Waals surface area contributed by atoms with Crippen LogP contribution in [0.25, 0.3) is 27.6 Å². The number of nitrogens with zero attached hydrogens (tertiary/aromatic N) is 4. The van der Waals surface area contributed by atoms with Gasteiger partial charge in [-0.2, -0.15) is 0 Å². The molecule has 3 aromatic carbocycles. The third kappa shape index (κ3) is 8.98. The van der Waals surface area contributed by atoms with Crippen LogP contribution in [0.5, 0.6) is 0 Å². The predicted molar refractivity (Wildman–Crippen MR) is 234 cm³/mol. The Morgan fingerprint density at radius 1 is 0.932 bits per heavy atom. The fourth-order valence-corrected chi connectivity index (χ4v) is 10.5. The molecular formula is C43H39BCl2N6O5S2. The van der Waals surface area contributed by atoms with Crippen molar-refractivity contribution in [1.29, 1.82) is 0 Å². The Labute approximate surface area is 357 Å². The average Bonchev–Trinajstić information content (AvgIpc) is 3.87. The third-order valence-corrected chi connectivity index (χ3v) is 13.8. The lowest BCUT2D eigenvalue weighted by Crippen LogP contribution is -2.26. The standard InChI is InChI=1S/C43H39BCl2N6O5S2/c1-3-32-34(49-43(36-15-16-37(46)58-36)52-42(32)48-31-13-11-27(12-14-31)33-17-19-57-44(33)54)24-28-18-20-59(55,56)40-35(21-25-7-9-26(10-8-25)22-38(53)47-2)50-41(51-39(28)40)29-5-4-6-30(45)23-29/h4-17,23,28,54H,3,18-22,24H2,1-2H3,(H,47,53)(H,48,49,52). The van der Waals surface area contributed by atoms with Crippen LogP contribution in [0.1, 0.15) is 58.6 Å². The molecule has 3 aromatic heterocycles. The number of nitrogens with one attached hydrogen (secondary N) is 2. The Bertz CT molecular complexity index is 2690. The van der Waals surface area contributed by atoms with E-state index in [9.17, 15) is 18.2 Å². The van der Waals surface area contributed by atoms with Crippen molar-refractivity contribution in [2.24, 2.45) is 0 Å². The fraction of sp³-hybridized carbons (Fsp3) is 0.233. The van der Waals surface area contributed by atoms with E-state index >= 15 is 0 Å². The Morgan fingerprint density at radius 2 is 1.69 bits per heavy atom. The second kappa shape index (κ2) is 17.3. The Hall–Kier alpha value is -4.96. The van der Waals surface area contributed by atoms with Crippen LogP contribution >= 0.6 is 34.5 Å². The van der Waals surface area contributed by atoms with Crippen molar-refractivity contribution in [3.05, 3.63) is 140 Å². The van der Waals surface area contributed by atoms with Gasteiger partial charge in [-0.3, -0.25) is 4.79 Å². The molecule has 8 rings (SSSR count). The summed E-state index contributed by atoms with van der Waals surface area (Å²) in [5, 5.41) is 16.9. The number of amides is 1. The zero-order valence-corrected chi connectivity index (χ0v) is 35.4. The first-order valence-corrected chi connectivity index (χ1v) is 22.4. The van der Waals surface area contributed by atoms with Gasteiger partial charge >= 0.3 is 7.12 Å². The van der Waals surface area contributed by atoms with Gasteiger partial charge in [-0.1, -0.05) is 84.7 Å². The molecule has 3 N–H and O–H groups in total. The van der Waals surface area contributed by atoms with Crippen LogP contribution in [0.2, 0.25) is 9.36 Å². The highest BCUT2D eigenvalue weighted by Crippen LogP contribution is 2.40. The summed E-state index contributed by atoms with van der Waals surface area (Å²) in [5.74, 6) is 0.999. The van der Waals surface area contributed by atoms with Crippen LogP contribution in [0, 0.1) is 0 Å². The van der Waals surface area contributed by atoms with Crippen molar-refractivity contribution in [3.8, 4) is 22.1 Å².